The SMILES string of the molecule is CC(NCCCOCCO)c1nc2ccccc2n1C. The number of imidazole rings is 1. The lowest BCUT2D eigenvalue weighted by atomic mass is 10.3. The van der Waals surface area contributed by atoms with Gasteiger partial charge in [0, 0.05) is 13.7 Å². The summed E-state index contributed by atoms with van der Waals surface area (Å²) in [5.74, 6) is 1.04. The Balaban J connectivity index is 1.88. The molecule has 2 N–H and O–H groups in total. The number of rotatable bonds is 8. The zero-order chi connectivity index (χ0) is 14.4. The Bertz CT molecular complexity index is 539. The van der Waals surface area contributed by atoms with Crippen LogP contribution in [0.15, 0.2) is 24.3 Å². The van der Waals surface area contributed by atoms with Crippen LogP contribution in [-0.4, -0.2) is 41.0 Å². The number of aliphatic hydroxyl groups is 1. The third-order valence-corrected chi connectivity index (χ3v) is 3.36. The van der Waals surface area contributed by atoms with Gasteiger partial charge in [-0.3, -0.25) is 0 Å². The third-order valence-electron chi connectivity index (χ3n) is 3.36. The Kier molecular flexibility index (Phi) is 5.52. The molecule has 0 bridgehead atoms. The summed E-state index contributed by atoms with van der Waals surface area (Å²) in [6, 6.07) is 8.36. The fourth-order valence-electron chi connectivity index (χ4n) is 2.30. The van der Waals surface area contributed by atoms with E-state index in [1.54, 1.807) is 0 Å². The van der Waals surface area contributed by atoms with Crippen molar-refractivity contribution in [2.75, 3.05) is 26.4 Å². The van der Waals surface area contributed by atoms with E-state index in [9.17, 15) is 0 Å². The molecule has 0 aliphatic heterocycles. The summed E-state index contributed by atoms with van der Waals surface area (Å²) in [5.41, 5.74) is 2.19. The van der Waals surface area contributed by atoms with Crippen molar-refractivity contribution < 1.29 is 9.84 Å². The van der Waals surface area contributed by atoms with Gasteiger partial charge < -0.3 is 19.7 Å². The van der Waals surface area contributed by atoms with Crippen LogP contribution in [0.3, 0.4) is 0 Å². The first-order valence-corrected chi connectivity index (χ1v) is 7.07. The quantitative estimate of drug-likeness (QED) is 0.720. The normalized spacial score (nSPS) is 12.9. The highest BCUT2D eigenvalue weighted by Crippen LogP contribution is 2.18. The molecule has 0 radical (unpaired) electrons. The van der Waals surface area contributed by atoms with E-state index in [0.29, 0.717) is 13.2 Å². The number of fused-ring (bicyclic) bond motifs is 1. The van der Waals surface area contributed by atoms with Crippen LogP contribution in [0.2, 0.25) is 0 Å². The summed E-state index contributed by atoms with van der Waals surface area (Å²) in [7, 11) is 2.05. The van der Waals surface area contributed by atoms with Gasteiger partial charge in [0.1, 0.15) is 5.82 Å². The van der Waals surface area contributed by atoms with Crippen LogP contribution in [0, 0.1) is 0 Å². The Labute approximate surface area is 119 Å². The molecule has 20 heavy (non-hydrogen) atoms. The molecule has 0 fully saturated rings. The molecule has 110 valence electrons. The topological polar surface area (TPSA) is 59.3 Å². The summed E-state index contributed by atoms with van der Waals surface area (Å²) in [5, 5.41) is 12.1. The van der Waals surface area contributed by atoms with Crippen molar-refractivity contribution in [2.45, 2.75) is 19.4 Å². The highest BCUT2D eigenvalue weighted by Gasteiger charge is 2.13. The molecule has 0 spiro atoms. The number of nitrogens with zero attached hydrogens (tertiary/aromatic N) is 2. The second-order valence-electron chi connectivity index (χ2n) is 4.88. The highest BCUT2D eigenvalue weighted by atomic mass is 16.5. The largest absolute Gasteiger partial charge is 0.394 e. The number of aliphatic hydroxyl groups excluding tert-OH is 1. The average Bonchev–Trinajstić information content (AvgIpc) is 2.80. The predicted octanol–water partition coefficient (Wildman–Crippen LogP) is 1.62. The average molecular weight is 277 g/mol. The van der Waals surface area contributed by atoms with E-state index in [1.165, 1.54) is 0 Å². The summed E-state index contributed by atoms with van der Waals surface area (Å²) >= 11 is 0. The number of nitrogens with one attached hydrogen (secondary N) is 1. The van der Waals surface area contributed by atoms with Crippen LogP contribution < -0.4 is 5.32 Å². The number of hydrogen-bond acceptors (Lipinski definition) is 4. The number of benzene rings is 1. The maximum absolute atomic E-state index is 8.61. The summed E-state index contributed by atoms with van der Waals surface area (Å²) < 4.78 is 7.37. The van der Waals surface area contributed by atoms with Gasteiger partial charge in [-0.15, -0.1) is 0 Å². The van der Waals surface area contributed by atoms with Crippen molar-refractivity contribution in [2.24, 2.45) is 7.05 Å². The fraction of sp³-hybridized carbons (Fsp3) is 0.533. The second kappa shape index (κ2) is 7.38. The first-order valence-electron chi connectivity index (χ1n) is 7.07. The molecule has 1 aromatic carbocycles. The standard InChI is InChI=1S/C15H23N3O2/c1-12(16-8-5-10-20-11-9-19)15-17-13-6-3-4-7-14(13)18(15)2/h3-4,6-7,12,16,19H,5,8-11H2,1-2H3. The first-order chi connectivity index (χ1) is 9.74. The van der Waals surface area contributed by atoms with Crippen LogP contribution >= 0.6 is 0 Å². The lowest BCUT2D eigenvalue weighted by Crippen LogP contribution is -2.23. The lowest BCUT2D eigenvalue weighted by Gasteiger charge is -2.13. The molecule has 0 amide bonds. The maximum Gasteiger partial charge on any atom is 0.126 e. The van der Waals surface area contributed by atoms with Crippen molar-refractivity contribution in [3.63, 3.8) is 0 Å². The van der Waals surface area contributed by atoms with E-state index in [-0.39, 0.29) is 12.6 Å². The lowest BCUT2D eigenvalue weighted by molar-refractivity contribution is 0.0904. The molecule has 1 heterocycles. The summed E-state index contributed by atoms with van der Waals surface area (Å²) in [6.07, 6.45) is 0.925. The van der Waals surface area contributed by atoms with Gasteiger partial charge in [0.05, 0.1) is 30.3 Å². The van der Waals surface area contributed by atoms with Crippen LogP contribution in [0.4, 0.5) is 0 Å². The minimum absolute atomic E-state index is 0.0870. The number of para-hydroxylation sites is 2. The van der Waals surface area contributed by atoms with Crippen molar-refractivity contribution in [3.8, 4) is 0 Å². The molecule has 0 aliphatic rings. The van der Waals surface area contributed by atoms with Crippen LogP contribution in [0.25, 0.3) is 11.0 Å². The van der Waals surface area contributed by atoms with Gasteiger partial charge >= 0.3 is 0 Å². The van der Waals surface area contributed by atoms with Crippen LogP contribution in [0.5, 0.6) is 0 Å². The fourth-order valence-corrected chi connectivity index (χ4v) is 2.30. The summed E-state index contributed by atoms with van der Waals surface area (Å²) in [4.78, 5) is 4.68. The molecular formula is C15H23N3O2. The molecule has 0 saturated carbocycles. The molecular weight excluding hydrogens is 254 g/mol. The highest BCUT2D eigenvalue weighted by molar-refractivity contribution is 5.75. The smallest absolute Gasteiger partial charge is 0.126 e. The molecule has 1 unspecified atom stereocenters. The van der Waals surface area contributed by atoms with Gasteiger partial charge in [0.2, 0.25) is 0 Å². The number of hydrogen-bond donors (Lipinski definition) is 2. The second-order valence-corrected chi connectivity index (χ2v) is 4.88. The number of aryl methyl sites for hydroxylation is 1. The van der Waals surface area contributed by atoms with Crippen molar-refractivity contribution in [1.29, 1.82) is 0 Å². The molecule has 1 aromatic heterocycles. The van der Waals surface area contributed by atoms with Gasteiger partial charge in [-0.1, -0.05) is 12.1 Å². The molecule has 0 saturated heterocycles. The van der Waals surface area contributed by atoms with E-state index in [2.05, 4.69) is 27.9 Å². The predicted molar refractivity (Wildman–Crippen MR) is 79.7 cm³/mol. The molecule has 0 aliphatic carbocycles. The van der Waals surface area contributed by atoms with E-state index in [4.69, 9.17) is 9.84 Å². The van der Waals surface area contributed by atoms with Gasteiger partial charge in [-0.2, -0.15) is 0 Å². The Morgan fingerprint density at radius 1 is 1.35 bits per heavy atom. The molecule has 5 nitrogen and oxygen atoms in total. The van der Waals surface area contributed by atoms with Crippen molar-refractivity contribution in [1.82, 2.24) is 14.9 Å². The van der Waals surface area contributed by atoms with E-state index in [1.807, 2.05) is 25.2 Å². The minimum Gasteiger partial charge on any atom is -0.394 e. The number of aromatic nitrogens is 2. The minimum atomic E-state index is 0.0870. The Morgan fingerprint density at radius 3 is 2.90 bits per heavy atom. The van der Waals surface area contributed by atoms with Crippen molar-refractivity contribution in [3.05, 3.63) is 30.1 Å². The maximum atomic E-state index is 8.61. The number of ether oxygens (including phenoxy) is 1. The zero-order valence-electron chi connectivity index (χ0n) is 12.2. The Morgan fingerprint density at radius 2 is 2.15 bits per heavy atom. The van der Waals surface area contributed by atoms with E-state index < -0.39 is 0 Å². The molecule has 5 heteroatoms. The van der Waals surface area contributed by atoms with Gasteiger partial charge in [-0.05, 0) is 32.0 Å². The van der Waals surface area contributed by atoms with Crippen LogP contribution in [-0.2, 0) is 11.8 Å². The molecule has 1 atom stereocenters. The zero-order valence-corrected chi connectivity index (χ0v) is 12.2. The monoisotopic (exact) mass is 277 g/mol. The third kappa shape index (κ3) is 3.56. The van der Waals surface area contributed by atoms with E-state index >= 15 is 0 Å². The van der Waals surface area contributed by atoms with Gasteiger partial charge in [-0.25, -0.2) is 4.98 Å². The van der Waals surface area contributed by atoms with Gasteiger partial charge in [0.15, 0.2) is 0 Å². The summed E-state index contributed by atoms with van der Waals surface area (Å²) in [6.45, 7) is 4.17. The molecule has 2 rings (SSSR count). The van der Waals surface area contributed by atoms with E-state index in [0.717, 1.165) is 29.8 Å². The van der Waals surface area contributed by atoms with Crippen molar-refractivity contribution >= 4 is 11.0 Å². The van der Waals surface area contributed by atoms with Gasteiger partial charge in [0.25, 0.3) is 0 Å². The Hall–Kier alpha value is -1.43. The molecule has 2 aromatic rings. The van der Waals surface area contributed by atoms with Crippen LogP contribution in [0.1, 0.15) is 25.2 Å². The first kappa shape index (κ1) is 15.0.